The number of rotatable bonds is 2. The summed E-state index contributed by atoms with van der Waals surface area (Å²) in [6.07, 6.45) is 0. The minimum Gasteiger partial charge on any atom is -0.311 e. The maximum atomic E-state index is 5.17. The SMILES string of the molecule is c1ccc(C2=C(c3ccccc3)OON2)cc1. The summed E-state index contributed by atoms with van der Waals surface area (Å²) in [6, 6.07) is 19.8. The summed E-state index contributed by atoms with van der Waals surface area (Å²) in [5, 5.41) is 0. The fourth-order valence-electron chi connectivity index (χ4n) is 1.77. The number of hydrogen-bond donors (Lipinski definition) is 1. The summed E-state index contributed by atoms with van der Waals surface area (Å²) in [5.41, 5.74) is 5.64. The molecule has 1 aliphatic rings. The Hall–Kier alpha value is -2.26. The molecule has 1 heterocycles. The quantitative estimate of drug-likeness (QED) is 0.797. The van der Waals surface area contributed by atoms with E-state index >= 15 is 0 Å². The summed E-state index contributed by atoms with van der Waals surface area (Å²) in [5.74, 6) is 0.705. The topological polar surface area (TPSA) is 30.5 Å². The number of benzene rings is 2. The summed E-state index contributed by atoms with van der Waals surface area (Å²) in [6.45, 7) is 0. The van der Waals surface area contributed by atoms with Crippen molar-refractivity contribution < 1.29 is 9.88 Å². The lowest BCUT2D eigenvalue weighted by atomic mass is 10.1. The van der Waals surface area contributed by atoms with E-state index in [0.29, 0.717) is 5.76 Å². The Morgan fingerprint density at radius 2 is 1.29 bits per heavy atom. The fourth-order valence-corrected chi connectivity index (χ4v) is 1.77. The zero-order chi connectivity index (χ0) is 11.5. The van der Waals surface area contributed by atoms with Crippen LogP contribution in [0.2, 0.25) is 0 Å². The molecule has 0 fully saturated rings. The maximum Gasteiger partial charge on any atom is 0.201 e. The van der Waals surface area contributed by atoms with E-state index in [0.717, 1.165) is 16.8 Å². The summed E-state index contributed by atoms with van der Waals surface area (Å²) >= 11 is 0. The second kappa shape index (κ2) is 4.31. The van der Waals surface area contributed by atoms with Gasteiger partial charge < -0.3 is 4.89 Å². The van der Waals surface area contributed by atoms with Crippen LogP contribution in [-0.2, 0) is 9.88 Å². The molecular formula is C14H11NO2. The van der Waals surface area contributed by atoms with Gasteiger partial charge in [-0.05, 0) is 0 Å². The Kier molecular flexibility index (Phi) is 2.52. The molecule has 1 N–H and O–H groups in total. The van der Waals surface area contributed by atoms with E-state index in [1.54, 1.807) is 0 Å². The number of nitrogens with one attached hydrogen (secondary N) is 1. The zero-order valence-corrected chi connectivity index (χ0v) is 9.09. The molecule has 0 amide bonds. The molecule has 0 radical (unpaired) electrons. The number of hydrogen-bond acceptors (Lipinski definition) is 3. The van der Waals surface area contributed by atoms with E-state index in [4.69, 9.17) is 9.88 Å². The van der Waals surface area contributed by atoms with E-state index in [2.05, 4.69) is 5.48 Å². The van der Waals surface area contributed by atoms with Gasteiger partial charge in [0.25, 0.3) is 0 Å². The molecule has 2 aromatic carbocycles. The highest BCUT2D eigenvalue weighted by atomic mass is 17.3. The highest BCUT2D eigenvalue weighted by Crippen LogP contribution is 2.29. The monoisotopic (exact) mass is 225 g/mol. The molecule has 84 valence electrons. The average molecular weight is 225 g/mol. The Morgan fingerprint density at radius 3 is 1.94 bits per heavy atom. The Morgan fingerprint density at radius 1 is 0.706 bits per heavy atom. The minimum absolute atomic E-state index is 0.705. The minimum atomic E-state index is 0.705. The van der Waals surface area contributed by atoms with Crippen molar-refractivity contribution in [2.45, 2.75) is 0 Å². The van der Waals surface area contributed by atoms with Crippen LogP contribution < -0.4 is 5.48 Å². The third kappa shape index (κ3) is 1.88. The molecule has 3 nitrogen and oxygen atoms in total. The molecule has 1 aliphatic heterocycles. The van der Waals surface area contributed by atoms with Gasteiger partial charge in [0.1, 0.15) is 5.70 Å². The van der Waals surface area contributed by atoms with Gasteiger partial charge in [-0.25, -0.2) is 5.48 Å². The highest BCUT2D eigenvalue weighted by Gasteiger charge is 2.20. The number of hydroxylamine groups is 1. The molecule has 17 heavy (non-hydrogen) atoms. The lowest BCUT2D eigenvalue weighted by Crippen LogP contribution is -2.04. The highest BCUT2D eigenvalue weighted by molar-refractivity contribution is 5.86. The van der Waals surface area contributed by atoms with Crippen LogP contribution in [0.4, 0.5) is 0 Å². The van der Waals surface area contributed by atoms with Crippen LogP contribution in [0.5, 0.6) is 0 Å². The molecule has 0 bridgehead atoms. The standard InChI is InChI=1S/C14H11NO2/c1-3-7-11(8-4-1)13-14(16-17-15-13)12-9-5-2-6-10-12/h1-10,15H. The van der Waals surface area contributed by atoms with Gasteiger partial charge in [-0.3, -0.25) is 0 Å². The van der Waals surface area contributed by atoms with E-state index in [-0.39, 0.29) is 0 Å². The van der Waals surface area contributed by atoms with Crippen molar-refractivity contribution in [1.82, 2.24) is 5.48 Å². The first-order valence-electron chi connectivity index (χ1n) is 5.40. The van der Waals surface area contributed by atoms with Crippen LogP contribution in [0.3, 0.4) is 0 Å². The summed E-state index contributed by atoms with van der Waals surface area (Å²) in [7, 11) is 0. The Balaban J connectivity index is 2.08. The Bertz CT molecular complexity index is 485. The predicted molar refractivity (Wildman–Crippen MR) is 65.0 cm³/mol. The van der Waals surface area contributed by atoms with Crippen LogP contribution >= 0.6 is 0 Å². The smallest absolute Gasteiger partial charge is 0.201 e. The van der Waals surface area contributed by atoms with Crippen LogP contribution in [-0.4, -0.2) is 0 Å². The van der Waals surface area contributed by atoms with E-state index < -0.39 is 0 Å². The zero-order valence-electron chi connectivity index (χ0n) is 9.09. The van der Waals surface area contributed by atoms with Gasteiger partial charge in [-0.1, -0.05) is 65.7 Å². The Labute approximate surface area is 99.2 Å². The molecule has 3 rings (SSSR count). The largest absolute Gasteiger partial charge is 0.311 e. The molecular weight excluding hydrogens is 214 g/mol. The molecule has 2 aromatic rings. The summed E-state index contributed by atoms with van der Waals surface area (Å²) < 4.78 is 0. The third-order valence-corrected chi connectivity index (χ3v) is 2.59. The van der Waals surface area contributed by atoms with Crippen molar-refractivity contribution >= 4 is 11.5 Å². The van der Waals surface area contributed by atoms with Crippen molar-refractivity contribution in [1.29, 1.82) is 0 Å². The second-order valence-corrected chi connectivity index (χ2v) is 3.70. The van der Waals surface area contributed by atoms with Gasteiger partial charge in [0, 0.05) is 11.1 Å². The van der Waals surface area contributed by atoms with E-state index in [9.17, 15) is 0 Å². The molecule has 0 aromatic heterocycles. The van der Waals surface area contributed by atoms with E-state index in [1.165, 1.54) is 0 Å². The van der Waals surface area contributed by atoms with Crippen molar-refractivity contribution in [3.8, 4) is 0 Å². The molecule has 0 aliphatic carbocycles. The van der Waals surface area contributed by atoms with E-state index in [1.807, 2.05) is 60.7 Å². The van der Waals surface area contributed by atoms with Gasteiger partial charge in [-0.2, -0.15) is 0 Å². The van der Waals surface area contributed by atoms with Crippen LogP contribution in [0.25, 0.3) is 11.5 Å². The summed E-state index contributed by atoms with van der Waals surface area (Å²) in [4.78, 5) is 10.0. The van der Waals surface area contributed by atoms with Gasteiger partial charge in [-0.15, -0.1) is 0 Å². The molecule has 3 heteroatoms. The van der Waals surface area contributed by atoms with Crippen LogP contribution in [0, 0.1) is 0 Å². The molecule has 0 unspecified atom stereocenters. The molecule has 0 atom stereocenters. The van der Waals surface area contributed by atoms with Gasteiger partial charge in [0.2, 0.25) is 5.76 Å². The van der Waals surface area contributed by atoms with Crippen molar-refractivity contribution in [3.05, 3.63) is 71.8 Å². The molecule has 0 saturated heterocycles. The van der Waals surface area contributed by atoms with Crippen LogP contribution in [0.1, 0.15) is 11.1 Å². The lowest BCUT2D eigenvalue weighted by Gasteiger charge is -2.02. The first-order valence-corrected chi connectivity index (χ1v) is 5.40. The van der Waals surface area contributed by atoms with Gasteiger partial charge in [0.05, 0.1) is 0 Å². The van der Waals surface area contributed by atoms with Crippen molar-refractivity contribution in [2.24, 2.45) is 0 Å². The van der Waals surface area contributed by atoms with Crippen molar-refractivity contribution in [3.63, 3.8) is 0 Å². The average Bonchev–Trinajstić information content (AvgIpc) is 2.90. The fraction of sp³-hybridized carbons (Fsp3) is 0. The predicted octanol–water partition coefficient (Wildman–Crippen LogP) is 2.98. The second-order valence-electron chi connectivity index (χ2n) is 3.70. The van der Waals surface area contributed by atoms with Crippen molar-refractivity contribution in [2.75, 3.05) is 0 Å². The third-order valence-electron chi connectivity index (χ3n) is 2.59. The molecule has 0 saturated carbocycles. The molecule has 0 spiro atoms. The first-order chi connectivity index (χ1) is 8.45. The first kappa shape index (κ1) is 9.93. The van der Waals surface area contributed by atoms with Gasteiger partial charge >= 0.3 is 0 Å². The van der Waals surface area contributed by atoms with Crippen LogP contribution in [0.15, 0.2) is 60.7 Å². The van der Waals surface area contributed by atoms with Gasteiger partial charge in [0.15, 0.2) is 0 Å². The normalized spacial score (nSPS) is 14.4. The maximum absolute atomic E-state index is 5.17. The lowest BCUT2D eigenvalue weighted by molar-refractivity contribution is -0.252.